The lowest BCUT2D eigenvalue weighted by atomic mass is 10.1. The van der Waals surface area contributed by atoms with Crippen LogP contribution in [-0.2, 0) is 17.9 Å². The molecule has 1 heterocycles. The summed E-state index contributed by atoms with van der Waals surface area (Å²) in [5.41, 5.74) is 2.78. The molecule has 0 atom stereocenters. The molecule has 6 heteroatoms. The summed E-state index contributed by atoms with van der Waals surface area (Å²) in [4.78, 5) is 23.7. The molecule has 0 radical (unpaired) electrons. The SMILES string of the molecule is CCC(=O)c1ccc(OCC(=O)NCc2cccc(Cn3cccn3)c2)cc1. The first-order chi connectivity index (χ1) is 13.6. The van der Waals surface area contributed by atoms with Crippen molar-refractivity contribution >= 4 is 11.7 Å². The minimum Gasteiger partial charge on any atom is -0.484 e. The molecule has 0 saturated carbocycles. The fourth-order valence-corrected chi connectivity index (χ4v) is 2.76. The third-order valence-corrected chi connectivity index (χ3v) is 4.25. The Morgan fingerprint density at radius 1 is 1.07 bits per heavy atom. The average molecular weight is 377 g/mol. The second kappa shape index (κ2) is 9.50. The van der Waals surface area contributed by atoms with Gasteiger partial charge in [0, 0.05) is 30.9 Å². The van der Waals surface area contributed by atoms with Crippen molar-refractivity contribution in [3.63, 3.8) is 0 Å². The van der Waals surface area contributed by atoms with Crippen LogP contribution in [0.1, 0.15) is 34.8 Å². The molecule has 6 nitrogen and oxygen atoms in total. The van der Waals surface area contributed by atoms with Crippen molar-refractivity contribution in [1.82, 2.24) is 15.1 Å². The largest absolute Gasteiger partial charge is 0.484 e. The highest BCUT2D eigenvalue weighted by Crippen LogP contribution is 2.13. The van der Waals surface area contributed by atoms with Crippen LogP contribution < -0.4 is 10.1 Å². The molecule has 0 aliphatic rings. The normalized spacial score (nSPS) is 10.5. The van der Waals surface area contributed by atoms with Crippen molar-refractivity contribution < 1.29 is 14.3 Å². The van der Waals surface area contributed by atoms with Crippen LogP contribution in [0.5, 0.6) is 5.75 Å². The third kappa shape index (κ3) is 5.54. The third-order valence-electron chi connectivity index (χ3n) is 4.25. The number of benzene rings is 2. The molecule has 0 aliphatic heterocycles. The molecule has 2 aromatic carbocycles. The van der Waals surface area contributed by atoms with Crippen LogP contribution in [0.15, 0.2) is 67.0 Å². The van der Waals surface area contributed by atoms with E-state index in [0.717, 1.165) is 11.1 Å². The Hall–Kier alpha value is -3.41. The summed E-state index contributed by atoms with van der Waals surface area (Å²) >= 11 is 0. The van der Waals surface area contributed by atoms with Crippen LogP contribution in [0.3, 0.4) is 0 Å². The fourth-order valence-electron chi connectivity index (χ4n) is 2.76. The number of ether oxygens (including phenoxy) is 1. The van der Waals surface area contributed by atoms with Gasteiger partial charge in [-0.15, -0.1) is 0 Å². The van der Waals surface area contributed by atoms with Crippen LogP contribution in [0, 0.1) is 0 Å². The van der Waals surface area contributed by atoms with Crippen molar-refractivity contribution in [2.24, 2.45) is 0 Å². The Balaban J connectivity index is 1.46. The van der Waals surface area contributed by atoms with E-state index < -0.39 is 0 Å². The fraction of sp³-hybridized carbons (Fsp3) is 0.227. The van der Waals surface area contributed by atoms with Gasteiger partial charge in [0.1, 0.15) is 5.75 Å². The number of ketones is 1. The van der Waals surface area contributed by atoms with Crippen LogP contribution in [0.4, 0.5) is 0 Å². The van der Waals surface area contributed by atoms with Gasteiger partial charge in [-0.1, -0.05) is 31.2 Å². The van der Waals surface area contributed by atoms with Gasteiger partial charge in [-0.2, -0.15) is 5.10 Å². The predicted octanol–water partition coefficient (Wildman–Crippen LogP) is 3.22. The number of rotatable bonds is 9. The van der Waals surface area contributed by atoms with E-state index in [0.29, 0.717) is 30.8 Å². The lowest BCUT2D eigenvalue weighted by molar-refractivity contribution is -0.123. The quantitative estimate of drug-likeness (QED) is 0.581. The van der Waals surface area contributed by atoms with Crippen molar-refractivity contribution in [3.8, 4) is 5.75 Å². The molecule has 1 N–H and O–H groups in total. The lowest BCUT2D eigenvalue weighted by Crippen LogP contribution is -2.28. The number of nitrogens with zero attached hydrogens (tertiary/aromatic N) is 2. The van der Waals surface area contributed by atoms with E-state index in [1.807, 2.05) is 48.1 Å². The highest BCUT2D eigenvalue weighted by atomic mass is 16.5. The predicted molar refractivity (Wildman–Crippen MR) is 106 cm³/mol. The Labute approximate surface area is 164 Å². The minimum absolute atomic E-state index is 0.0753. The Kier molecular flexibility index (Phi) is 6.57. The van der Waals surface area contributed by atoms with Gasteiger partial charge in [0.15, 0.2) is 12.4 Å². The van der Waals surface area contributed by atoms with Gasteiger partial charge in [0.25, 0.3) is 5.91 Å². The minimum atomic E-state index is -0.203. The number of hydrogen-bond donors (Lipinski definition) is 1. The summed E-state index contributed by atoms with van der Waals surface area (Å²) in [6, 6.07) is 16.7. The molecule has 3 aromatic rings. The molecule has 0 bridgehead atoms. The smallest absolute Gasteiger partial charge is 0.258 e. The maximum Gasteiger partial charge on any atom is 0.258 e. The molecule has 0 unspecified atom stereocenters. The summed E-state index contributed by atoms with van der Waals surface area (Å²) in [7, 11) is 0. The van der Waals surface area contributed by atoms with E-state index in [1.165, 1.54) is 0 Å². The second-order valence-electron chi connectivity index (χ2n) is 6.39. The van der Waals surface area contributed by atoms with Crippen LogP contribution in [-0.4, -0.2) is 28.1 Å². The number of aromatic nitrogens is 2. The van der Waals surface area contributed by atoms with Gasteiger partial charge in [-0.3, -0.25) is 14.3 Å². The van der Waals surface area contributed by atoms with Gasteiger partial charge in [-0.25, -0.2) is 0 Å². The molecule has 1 aromatic heterocycles. The van der Waals surface area contributed by atoms with E-state index in [1.54, 1.807) is 30.5 Å². The zero-order valence-corrected chi connectivity index (χ0v) is 15.8. The molecule has 3 rings (SSSR count). The standard InChI is InChI=1S/C22H23N3O3/c1-2-21(26)19-7-9-20(10-8-19)28-16-22(27)23-14-17-5-3-6-18(13-17)15-25-12-4-11-24-25/h3-13H,2,14-16H2,1H3,(H,23,27). The first-order valence-corrected chi connectivity index (χ1v) is 9.22. The monoisotopic (exact) mass is 377 g/mol. The van der Waals surface area contributed by atoms with Crippen LogP contribution >= 0.6 is 0 Å². The summed E-state index contributed by atoms with van der Waals surface area (Å²) in [5.74, 6) is 0.439. The van der Waals surface area contributed by atoms with Gasteiger partial charge in [0.2, 0.25) is 0 Å². The Bertz CT molecular complexity index is 918. The molecule has 28 heavy (non-hydrogen) atoms. The first kappa shape index (κ1) is 19.4. The summed E-state index contributed by atoms with van der Waals surface area (Å²) in [6.45, 7) is 2.87. The number of hydrogen-bond acceptors (Lipinski definition) is 4. The van der Waals surface area contributed by atoms with Crippen molar-refractivity contribution in [1.29, 1.82) is 0 Å². The van der Waals surface area contributed by atoms with Crippen molar-refractivity contribution in [3.05, 3.63) is 83.7 Å². The van der Waals surface area contributed by atoms with E-state index in [2.05, 4.69) is 10.4 Å². The molecular weight excluding hydrogens is 354 g/mol. The topological polar surface area (TPSA) is 73.2 Å². The van der Waals surface area contributed by atoms with Crippen LogP contribution in [0.2, 0.25) is 0 Å². The van der Waals surface area contributed by atoms with Gasteiger partial charge >= 0.3 is 0 Å². The summed E-state index contributed by atoms with van der Waals surface area (Å²) < 4.78 is 7.34. The summed E-state index contributed by atoms with van der Waals surface area (Å²) in [5, 5.41) is 7.05. The Morgan fingerprint density at radius 2 is 1.86 bits per heavy atom. The van der Waals surface area contributed by atoms with Crippen molar-refractivity contribution in [2.45, 2.75) is 26.4 Å². The second-order valence-corrected chi connectivity index (χ2v) is 6.39. The van der Waals surface area contributed by atoms with Gasteiger partial charge < -0.3 is 10.1 Å². The average Bonchev–Trinajstić information content (AvgIpc) is 3.24. The molecule has 0 spiro atoms. The highest BCUT2D eigenvalue weighted by molar-refractivity contribution is 5.95. The number of carbonyl (C=O) groups is 2. The zero-order chi connectivity index (χ0) is 19.8. The molecule has 0 saturated heterocycles. The number of carbonyl (C=O) groups excluding carboxylic acids is 2. The van der Waals surface area contributed by atoms with E-state index >= 15 is 0 Å². The summed E-state index contributed by atoms with van der Waals surface area (Å²) in [6.07, 6.45) is 4.13. The van der Waals surface area contributed by atoms with Gasteiger partial charge in [-0.05, 0) is 41.5 Å². The molecule has 144 valence electrons. The number of amides is 1. The molecule has 0 aliphatic carbocycles. The van der Waals surface area contributed by atoms with Crippen molar-refractivity contribution in [2.75, 3.05) is 6.61 Å². The van der Waals surface area contributed by atoms with Gasteiger partial charge in [0.05, 0.1) is 6.54 Å². The highest BCUT2D eigenvalue weighted by Gasteiger charge is 2.06. The van der Waals surface area contributed by atoms with E-state index in [-0.39, 0.29) is 18.3 Å². The number of Topliss-reactive ketones (excluding diaryl/α,β-unsaturated/α-hetero) is 1. The maximum absolute atomic E-state index is 12.0. The zero-order valence-electron chi connectivity index (χ0n) is 15.8. The van der Waals surface area contributed by atoms with Crippen LogP contribution in [0.25, 0.3) is 0 Å². The van der Waals surface area contributed by atoms with E-state index in [9.17, 15) is 9.59 Å². The molecule has 0 fully saturated rings. The first-order valence-electron chi connectivity index (χ1n) is 9.22. The maximum atomic E-state index is 12.0. The Morgan fingerprint density at radius 3 is 2.57 bits per heavy atom. The lowest BCUT2D eigenvalue weighted by Gasteiger charge is -2.09. The molecular formula is C22H23N3O3. The molecule has 1 amide bonds. The number of nitrogens with one attached hydrogen (secondary N) is 1. The van der Waals surface area contributed by atoms with E-state index in [4.69, 9.17) is 4.74 Å².